The summed E-state index contributed by atoms with van der Waals surface area (Å²) in [6.07, 6.45) is 0. The summed E-state index contributed by atoms with van der Waals surface area (Å²) in [6.45, 7) is 3.84. The Kier molecular flexibility index (Phi) is 6.35. The van der Waals surface area contributed by atoms with Crippen LogP contribution in [0.5, 0.6) is 17.2 Å². The van der Waals surface area contributed by atoms with Crippen LogP contribution in [0.1, 0.15) is 12.5 Å². The van der Waals surface area contributed by atoms with Crippen LogP contribution >= 0.6 is 24.2 Å². The lowest BCUT2D eigenvalue weighted by Gasteiger charge is -2.47. The number of carbonyl (C=O) groups excluding carboxylic acids is 1. The lowest BCUT2D eigenvalue weighted by Crippen LogP contribution is -2.67. The predicted octanol–water partition coefficient (Wildman–Crippen LogP) is 3.47. The fourth-order valence-electron chi connectivity index (χ4n) is 3.47. The van der Waals surface area contributed by atoms with Gasteiger partial charge in [-0.2, -0.15) is 0 Å². The van der Waals surface area contributed by atoms with Gasteiger partial charge in [-0.3, -0.25) is 9.69 Å². The van der Waals surface area contributed by atoms with Crippen LogP contribution in [0, 0.1) is 0 Å². The normalized spacial score (nSPS) is 21.8. The van der Waals surface area contributed by atoms with Crippen molar-refractivity contribution >= 4 is 30.0 Å². The average molecular weight is 425 g/mol. The lowest BCUT2D eigenvalue weighted by atomic mass is 10.0. The maximum absolute atomic E-state index is 12.8. The molecule has 0 N–H and O–H groups in total. The van der Waals surface area contributed by atoms with Gasteiger partial charge < -0.3 is 14.2 Å². The fraction of sp³-hybridized carbons (Fsp3) is 0.350. The van der Waals surface area contributed by atoms with Crippen molar-refractivity contribution < 1.29 is 19.0 Å². The summed E-state index contributed by atoms with van der Waals surface area (Å²) < 4.78 is 18.7. The number of para-hydroxylation sites is 1. The molecule has 150 valence electrons. The molecule has 2 aliphatic rings. The Morgan fingerprint density at radius 2 is 1.89 bits per heavy atom. The van der Waals surface area contributed by atoms with Crippen LogP contribution in [0.4, 0.5) is 0 Å². The van der Waals surface area contributed by atoms with Crippen LogP contribution in [-0.4, -0.2) is 47.3 Å². The van der Waals surface area contributed by atoms with Gasteiger partial charge in [0.2, 0.25) is 12.5 Å². The second-order valence-corrected chi connectivity index (χ2v) is 7.19. The number of carbonyl (C=O) groups is 1. The summed E-state index contributed by atoms with van der Waals surface area (Å²) in [5, 5.41) is 0. The zero-order valence-corrected chi connectivity index (χ0v) is 17.0. The number of ether oxygens (including phenoxy) is 3. The minimum absolute atomic E-state index is 0. The van der Waals surface area contributed by atoms with Gasteiger partial charge in [-0.05, 0) is 41.6 Å². The summed E-state index contributed by atoms with van der Waals surface area (Å²) >= 11 is 6.29. The van der Waals surface area contributed by atoms with E-state index in [9.17, 15) is 4.79 Å². The Bertz CT molecular complexity index is 836. The van der Waals surface area contributed by atoms with E-state index >= 15 is 0 Å². The van der Waals surface area contributed by atoms with Crippen LogP contribution in [0.25, 0.3) is 0 Å². The number of benzene rings is 2. The van der Waals surface area contributed by atoms with Gasteiger partial charge in [0.1, 0.15) is 5.75 Å². The molecule has 1 fully saturated rings. The van der Waals surface area contributed by atoms with Crippen LogP contribution in [0.15, 0.2) is 48.5 Å². The highest BCUT2D eigenvalue weighted by molar-refractivity contribution is 6.13. The topological polar surface area (TPSA) is 51.2 Å². The predicted molar refractivity (Wildman–Crippen MR) is 108 cm³/mol. The van der Waals surface area contributed by atoms with E-state index in [-0.39, 0.29) is 31.5 Å². The molecule has 2 aromatic rings. The molecule has 0 saturated carbocycles. The molecule has 0 bridgehead atoms. The molecule has 4 rings (SSSR count). The second-order valence-electron chi connectivity index (χ2n) is 6.71. The zero-order valence-electron chi connectivity index (χ0n) is 15.5. The Hall–Kier alpha value is -1.99. The van der Waals surface area contributed by atoms with Crippen molar-refractivity contribution in [3.8, 4) is 17.2 Å². The molecule has 1 saturated heterocycles. The Balaban J connectivity index is 0.00000225. The molecule has 0 aromatic heterocycles. The molecule has 2 heterocycles. The maximum atomic E-state index is 12.8. The number of halogens is 2. The van der Waals surface area contributed by atoms with Crippen molar-refractivity contribution in [3.05, 3.63) is 54.1 Å². The first-order valence-corrected chi connectivity index (χ1v) is 9.20. The van der Waals surface area contributed by atoms with Crippen LogP contribution in [0.3, 0.4) is 0 Å². The Labute approximate surface area is 175 Å². The molecule has 1 atom stereocenters. The van der Waals surface area contributed by atoms with E-state index in [2.05, 4.69) is 0 Å². The average Bonchev–Trinajstić information content (AvgIpc) is 3.12. The van der Waals surface area contributed by atoms with Gasteiger partial charge in [0, 0.05) is 26.6 Å². The molecular formula is C20H22Cl2N2O4. The third kappa shape index (κ3) is 4.05. The van der Waals surface area contributed by atoms with Crippen molar-refractivity contribution in [2.24, 2.45) is 0 Å². The molecule has 0 spiro atoms. The molecule has 2 aromatic carbocycles. The van der Waals surface area contributed by atoms with Gasteiger partial charge >= 0.3 is 0 Å². The summed E-state index contributed by atoms with van der Waals surface area (Å²) in [6, 6.07) is 15.2. The van der Waals surface area contributed by atoms with Crippen molar-refractivity contribution in [3.63, 3.8) is 0 Å². The van der Waals surface area contributed by atoms with E-state index in [1.807, 2.05) is 53.4 Å². The van der Waals surface area contributed by atoms with Crippen molar-refractivity contribution in [1.29, 1.82) is 0 Å². The fourth-order valence-corrected chi connectivity index (χ4v) is 3.71. The lowest BCUT2D eigenvalue weighted by molar-refractivity contribution is -0.162. The van der Waals surface area contributed by atoms with Crippen LogP contribution < -0.4 is 14.2 Å². The highest BCUT2D eigenvalue weighted by atomic mass is 35.5. The summed E-state index contributed by atoms with van der Waals surface area (Å²) in [7, 11) is 0. The van der Waals surface area contributed by atoms with Gasteiger partial charge in [-0.15, -0.1) is 12.4 Å². The Morgan fingerprint density at radius 3 is 2.64 bits per heavy atom. The first kappa shape index (κ1) is 20.7. The number of hydrogen-bond acceptors (Lipinski definition) is 6. The standard InChI is InChI=1S/C20H21ClN2O4.ClH/c1-15(24)20(27-17-5-3-2-4-6-17)13-23(21)10-9-22(20)12-16-7-8-18-19(11-16)26-14-25-18;/h2-8,11H,9-10,12-14H2,1H3;1H. The third-order valence-electron chi connectivity index (χ3n) is 4.90. The summed E-state index contributed by atoms with van der Waals surface area (Å²) in [5.74, 6) is 2.01. The van der Waals surface area contributed by atoms with Crippen molar-refractivity contribution in [1.82, 2.24) is 9.32 Å². The Morgan fingerprint density at radius 1 is 1.14 bits per heavy atom. The minimum Gasteiger partial charge on any atom is -0.464 e. The number of piperazine rings is 1. The molecule has 28 heavy (non-hydrogen) atoms. The molecule has 6 nitrogen and oxygen atoms in total. The van der Waals surface area contributed by atoms with E-state index in [0.717, 1.165) is 17.1 Å². The quantitative estimate of drug-likeness (QED) is 0.684. The first-order valence-electron chi connectivity index (χ1n) is 8.86. The second kappa shape index (κ2) is 8.57. The monoisotopic (exact) mass is 424 g/mol. The van der Waals surface area contributed by atoms with E-state index < -0.39 is 5.72 Å². The highest BCUT2D eigenvalue weighted by Gasteiger charge is 2.48. The van der Waals surface area contributed by atoms with E-state index in [1.54, 1.807) is 11.3 Å². The smallest absolute Gasteiger partial charge is 0.236 e. The molecular weight excluding hydrogens is 403 g/mol. The first-order chi connectivity index (χ1) is 13.1. The van der Waals surface area contributed by atoms with Crippen LogP contribution in [0.2, 0.25) is 0 Å². The molecule has 0 aliphatic carbocycles. The van der Waals surface area contributed by atoms with Crippen LogP contribution in [-0.2, 0) is 11.3 Å². The highest BCUT2D eigenvalue weighted by Crippen LogP contribution is 2.35. The molecule has 0 amide bonds. The molecule has 2 aliphatic heterocycles. The van der Waals surface area contributed by atoms with Gasteiger partial charge in [-0.1, -0.05) is 24.3 Å². The summed E-state index contributed by atoms with van der Waals surface area (Å²) in [4.78, 5) is 14.8. The number of nitrogens with zero attached hydrogens (tertiary/aromatic N) is 2. The summed E-state index contributed by atoms with van der Waals surface area (Å²) in [5.41, 5.74) is -0.137. The van der Waals surface area contributed by atoms with E-state index in [1.165, 1.54) is 0 Å². The third-order valence-corrected chi connectivity index (χ3v) is 5.19. The minimum atomic E-state index is -1.16. The molecule has 1 unspecified atom stereocenters. The molecule has 8 heteroatoms. The van der Waals surface area contributed by atoms with E-state index in [4.69, 9.17) is 26.0 Å². The van der Waals surface area contributed by atoms with Gasteiger partial charge in [0.05, 0.1) is 6.54 Å². The van der Waals surface area contributed by atoms with Gasteiger partial charge in [0.15, 0.2) is 17.3 Å². The number of rotatable bonds is 5. The number of ketones is 1. The maximum Gasteiger partial charge on any atom is 0.236 e. The largest absolute Gasteiger partial charge is 0.464 e. The molecule has 0 radical (unpaired) electrons. The SMILES string of the molecule is CC(=O)C1(Oc2ccccc2)CN(Cl)CCN1Cc1ccc2c(c1)OCO2.Cl. The number of fused-ring (bicyclic) bond motifs is 1. The van der Waals surface area contributed by atoms with Crippen molar-refractivity contribution in [2.45, 2.75) is 19.2 Å². The number of Topliss-reactive ketones (excluding diaryl/α,β-unsaturated/α-hetero) is 1. The number of hydrogen-bond donors (Lipinski definition) is 0. The zero-order chi connectivity index (χ0) is 18.9. The van der Waals surface area contributed by atoms with E-state index in [0.29, 0.717) is 25.4 Å². The van der Waals surface area contributed by atoms with Crippen molar-refractivity contribution in [2.75, 3.05) is 26.4 Å². The van der Waals surface area contributed by atoms with Gasteiger partial charge in [-0.25, -0.2) is 4.42 Å². The van der Waals surface area contributed by atoms with Gasteiger partial charge in [0.25, 0.3) is 0 Å².